The number of benzene rings is 1. The van der Waals surface area contributed by atoms with Crippen LogP contribution in [0.4, 0.5) is 5.82 Å². The second kappa shape index (κ2) is 5.68. The first kappa shape index (κ1) is 14.4. The summed E-state index contributed by atoms with van der Waals surface area (Å²) < 4.78 is 1.46. The van der Waals surface area contributed by atoms with Gasteiger partial charge in [0.25, 0.3) is 0 Å². The third-order valence-corrected chi connectivity index (χ3v) is 3.66. The molecule has 3 rings (SSSR count). The lowest BCUT2D eigenvalue weighted by Crippen LogP contribution is -2.02. The standard InChI is InChI=1S/C15H9Cl2N5/c16-9-3-4-11(13(17)6-9)14-12(7-18)15(19)22(21-14)10-2-1-5-20-8-10/h1-6,8H,19H2. The second-order valence-corrected chi connectivity index (χ2v) is 5.31. The number of rotatable bonds is 2. The molecule has 0 fully saturated rings. The molecule has 2 heterocycles. The molecule has 0 unspecified atom stereocenters. The SMILES string of the molecule is N#Cc1c(-c2ccc(Cl)cc2Cl)nn(-c2cccnc2)c1N. The summed E-state index contributed by atoms with van der Waals surface area (Å²) >= 11 is 12.1. The molecule has 0 bridgehead atoms. The first-order valence-corrected chi connectivity index (χ1v) is 7.02. The number of nitrogens with zero attached hydrogens (tertiary/aromatic N) is 4. The largest absolute Gasteiger partial charge is 0.382 e. The fraction of sp³-hybridized carbons (Fsp3) is 0. The normalized spacial score (nSPS) is 10.4. The lowest BCUT2D eigenvalue weighted by Gasteiger charge is -2.02. The van der Waals surface area contributed by atoms with Crippen LogP contribution in [0.15, 0.2) is 42.7 Å². The maximum absolute atomic E-state index is 9.40. The Kier molecular flexibility index (Phi) is 3.72. The fourth-order valence-electron chi connectivity index (χ4n) is 2.09. The Morgan fingerprint density at radius 2 is 2.05 bits per heavy atom. The van der Waals surface area contributed by atoms with Crippen LogP contribution in [0.25, 0.3) is 16.9 Å². The number of nitrogen functional groups attached to an aromatic ring is 1. The van der Waals surface area contributed by atoms with Crippen LogP contribution >= 0.6 is 23.2 Å². The number of anilines is 1. The molecule has 0 saturated carbocycles. The van der Waals surface area contributed by atoms with Crippen molar-refractivity contribution in [3.63, 3.8) is 0 Å². The number of nitriles is 1. The summed E-state index contributed by atoms with van der Waals surface area (Å²) in [5.74, 6) is 0.233. The van der Waals surface area contributed by atoms with Crippen molar-refractivity contribution < 1.29 is 0 Å². The van der Waals surface area contributed by atoms with Crippen LogP contribution in [0.3, 0.4) is 0 Å². The van der Waals surface area contributed by atoms with Gasteiger partial charge in [-0.3, -0.25) is 4.98 Å². The molecule has 7 heteroatoms. The van der Waals surface area contributed by atoms with Crippen LogP contribution in [-0.4, -0.2) is 14.8 Å². The highest BCUT2D eigenvalue weighted by molar-refractivity contribution is 6.36. The van der Waals surface area contributed by atoms with E-state index < -0.39 is 0 Å². The highest BCUT2D eigenvalue weighted by atomic mass is 35.5. The molecule has 108 valence electrons. The number of hydrogen-bond donors (Lipinski definition) is 1. The lowest BCUT2D eigenvalue weighted by atomic mass is 10.1. The summed E-state index contributed by atoms with van der Waals surface area (Å²) in [4.78, 5) is 4.03. The van der Waals surface area contributed by atoms with E-state index in [-0.39, 0.29) is 11.4 Å². The average molecular weight is 330 g/mol. The highest BCUT2D eigenvalue weighted by Gasteiger charge is 2.20. The molecule has 0 aliphatic carbocycles. The first-order valence-electron chi connectivity index (χ1n) is 6.26. The molecule has 5 nitrogen and oxygen atoms in total. The summed E-state index contributed by atoms with van der Waals surface area (Å²) in [6.07, 6.45) is 3.25. The highest BCUT2D eigenvalue weighted by Crippen LogP contribution is 2.34. The van der Waals surface area contributed by atoms with E-state index in [1.54, 1.807) is 42.7 Å². The quantitative estimate of drug-likeness (QED) is 0.777. The van der Waals surface area contributed by atoms with Gasteiger partial charge in [-0.15, -0.1) is 0 Å². The lowest BCUT2D eigenvalue weighted by molar-refractivity contribution is 0.888. The van der Waals surface area contributed by atoms with E-state index in [2.05, 4.69) is 16.2 Å². The zero-order valence-corrected chi connectivity index (χ0v) is 12.7. The molecule has 0 spiro atoms. The van der Waals surface area contributed by atoms with Crippen LogP contribution in [0.5, 0.6) is 0 Å². The van der Waals surface area contributed by atoms with Crippen LogP contribution < -0.4 is 5.73 Å². The summed E-state index contributed by atoms with van der Waals surface area (Å²) in [6, 6.07) is 10.6. The van der Waals surface area contributed by atoms with Gasteiger partial charge in [-0.1, -0.05) is 23.2 Å². The summed E-state index contributed by atoms with van der Waals surface area (Å²) in [6.45, 7) is 0. The molecule has 1 aromatic carbocycles. The second-order valence-electron chi connectivity index (χ2n) is 4.47. The summed E-state index contributed by atoms with van der Waals surface area (Å²) in [7, 11) is 0. The van der Waals surface area contributed by atoms with Crippen molar-refractivity contribution in [2.24, 2.45) is 0 Å². The Hall–Kier alpha value is -2.55. The molecule has 2 aromatic heterocycles. The zero-order chi connectivity index (χ0) is 15.7. The first-order chi connectivity index (χ1) is 10.6. The minimum atomic E-state index is 0.233. The van der Waals surface area contributed by atoms with Crippen LogP contribution in [0, 0.1) is 11.3 Å². The van der Waals surface area contributed by atoms with Gasteiger partial charge in [0.15, 0.2) is 0 Å². The third-order valence-electron chi connectivity index (χ3n) is 3.11. The maximum atomic E-state index is 9.40. The number of aromatic nitrogens is 3. The van der Waals surface area contributed by atoms with Crippen molar-refractivity contribution in [1.82, 2.24) is 14.8 Å². The molecular weight excluding hydrogens is 321 g/mol. The maximum Gasteiger partial charge on any atom is 0.145 e. The van der Waals surface area contributed by atoms with Gasteiger partial charge in [0, 0.05) is 16.8 Å². The van der Waals surface area contributed by atoms with Gasteiger partial charge in [0.1, 0.15) is 23.1 Å². The predicted molar refractivity (Wildman–Crippen MR) is 85.9 cm³/mol. The Bertz CT molecular complexity index is 881. The zero-order valence-electron chi connectivity index (χ0n) is 11.2. The van der Waals surface area contributed by atoms with Crippen LogP contribution in [0.1, 0.15) is 5.56 Å². The fourth-order valence-corrected chi connectivity index (χ4v) is 2.59. The van der Waals surface area contributed by atoms with E-state index in [1.165, 1.54) is 4.68 Å². The van der Waals surface area contributed by atoms with E-state index >= 15 is 0 Å². The number of hydrogen-bond acceptors (Lipinski definition) is 4. The molecule has 0 amide bonds. The van der Waals surface area contributed by atoms with Gasteiger partial charge < -0.3 is 5.73 Å². The summed E-state index contributed by atoms with van der Waals surface area (Å²) in [5, 5.41) is 14.7. The Balaban J connectivity index is 2.24. The monoisotopic (exact) mass is 329 g/mol. The molecule has 22 heavy (non-hydrogen) atoms. The Labute approximate surface area is 136 Å². The van der Waals surface area contributed by atoms with Gasteiger partial charge >= 0.3 is 0 Å². The van der Waals surface area contributed by atoms with Crippen LogP contribution in [-0.2, 0) is 0 Å². The van der Waals surface area contributed by atoms with E-state index in [0.29, 0.717) is 27.0 Å². The van der Waals surface area contributed by atoms with E-state index in [0.717, 1.165) is 0 Å². The summed E-state index contributed by atoms with van der Waals surface area (Å²) in [5.41, 5.74) is 7.96. The molecule has 3 aromatic rings. The minimum Gasteiger partial charge on any atom is -0.382 e. The Morgan fingerprint density at radius 1 is 1.23 bits per heavy atom. The molecular formula is C15H9Cl2N5. The molecule has 2 N–H and O–H groups in total. The van der Waals surface area contributed by atoms with E-state index in [4.69, 9.17) is 28.9 Å². The number of nitrogens with two attached hydrogens (primary N) is 1. The van der Waals surface area contributed by atoms with Gasteiger partial charge in [0.2, 0.25) is 0 Å². The Morgan fingerprint density at radius 3 is 2.68 bits per heavy atom. The van der Waals surface area contributed by atoms with Gasteiger partial charge in [-0.05, 0) is 30.3 Å². The molecule has 0 aliphatic heterocycles. The molecule has 0 aliphatic rings. The van der Waals surface area contributed by atoms with Gasteiger partial charge in [0.05, 0.1) is 16.9 Å². The van der Waals surface area contributed by atoms with Gasteiger partial charge in [-0.2, -0.15) is 10.4 Å². The van der Waals surface area contributed by atoms with Crippen molar-refractivity contribution in [2.75, 3.05) is 5.73 Å². The van der Waals surface area contributed by atoms with Crippen molar-refractivity contribution in [2.45, 2.75) is 0 Å². The van der Waals surface area contributed by atoms with Crippen molar-refractivity contribution in [3.05, 3.63) is 58.3 Å². The minimum absolute atomic E-state index is 0.233. The topological polar surface area (TPSA) is 80.5 Å². The predicted octanol–water partition coefficient (Wildman–Crippen LogP) is 3.69. The molecule has 0 radical (unpaired) electrons. The molecule has 0 saturated heterocycles. The smallest absolute Gasteiger partial charge is 0.145 e. The van der Waals surface area contributed by atoms with Crippen molar-refractivity contribution in [1.29, 1.82) is 5.26 Å². The van der Waals surface area contributed by atoms with Crippen molar-refractivity contribution >= 4 is 29.0 Å². The average Bonchev–Trinajstić information content (AvgIpc) is 2.84. The van der Waals surface area contributed by atoms with Crippen LogP contribution in [0.2, 0.25) is 10.0 Å². The van der Waals surface area contributed by atoms with Crippen molar-refractivity contribution in [3.8, 4) is 23.0 Å². The number of halogens is 2. The third kappa shape index (κ3) is 2.39. The van der Waals surface area contributed by atoms with E-state index in [9.17, 15) is 5.26 Å². The van der Waals surface area contributed by atoms with Gasteiger partial charge in [-0.25, -0.2) is 4.68 Å². The van der Waals surface area contributed by atoms with E-state index in [1.807, 2.05) is 0 Å². The number of pyridine rings is 1. The molecule has 0 atom stereocenters.